The first kappa shape index (κ1) is 6.59. The molecule has 0 aromatic heterocycles. The summed E-state index contributed by atoms with van der Waals surface area (Å²) >= 11 is 0. The summed E-state index contributed by atoms with van der Waals surface area (Å²) in [6.07, 6.45) is 4.67. The molecule has 0 bridgehead atoms. The van der Waals surface area contributed by atoms with Crippen LogP contribution in [0.1, 0.15) is 32.6 Å². The van der Waals surface area contributed by atoms with Gasteiger partial charge in [0, 0.05) is 5.92 Å². The Bertz CT molecular complexity index is 116. The largest absolute Gasteiger partial charge is 0.411 e. The van der Waals surface area contributed by atoms with Gasteiger partial charge in [-0.25, -0.2) is 0 Å². The third-order valence-electron chi connectivity index (χ3n) is 2.07. The summed E-state index contributed by atoms with van der Waals surface area (Å²) in [6.45, 7) is 2.04. The van der Waals surface area contributed by atoms with E-state index in [1.807, 2.05) is 6.92 Å². The van der Waals surface area contributed by atoms with E-state index in [0.29, 0.717) is 5.92 Å². The maximum atomic E-state index is 8.45. The Morgan fingerprint density at radius 3 is 2.44 bits per heavy atom. The Labute approximate surface area is 55.6 Å². The molecule has 0 amide bonds. The maximum Gasteiger partial charge on any atom is 0.0598 e. The highest BCUT2D eigenvalue weighted by Crippen LogP contribution is 2.28. The first-order valence-corrected chi connectivity index (χ1v) is 3.59. The van der Waals surface area contributed by atoms with Crippen molar-refractivity contribution in [2.75, 3.05) is 0 Å². The average Bonchev–Trinajstić information content (AvgIpc) is 1.78. The summed E-state index contributed by atoms with van der Waals surface area (Å²) in [7, 11) is 0. The molecule has 0 aromatic carbocycles. The van der Waals surface area contributed by atoms with Crippen LogP contribution in [0.15, 0.2) is 5.16 Å². The number of hydrogen-bond donors (Lipinski definition) is 1. The van der Waals surface area contributed by atoms with Crippen molar-refractivity contribution < 1.29 is 5.21 Å². The molecule has 1 rings (SSSR count). The number of oxime groups is 1. The molecule has 0 heterocycles. The van der Waals surface area contributed by atoms with Crippen molar-refractivity contribution in [2.24, 2.45) is 11.1 Å². The van der Waals surface area contributed by atoms with E-state index in [1.165, 1.54) is 19.3 Å². The van der Waals surface area contributed by atoms with Crippen molar-refractivity contribution in [3.8, 4) is 0 Å². The van der Waals surface area contributed by atoms with Crippen LogP contribution in [-0.2, 0) is 0 Å². The Hall–Kier alpha value is -0.530. The van der Waals surface area contributed by atoms with E-state index in [4.69, 9.17) is 5.21 Å². The van der Waals surface area contributed by atoms with E-state index in [1.54, 1.807) is 0 Å². The zero-order chi connectivity index (χ0) is 6.69. The molecule has 1 aliphatic carbocycles. The highest BCUT2D eigenvalue weighted by Gasteiger charge is 2.21. The number of rotatable bonds is 2. The van der Waals surface area contributed by atoms with Crippen LogP contribution >= 0.6 is 0 Å². The first-order chi connectivity index (χ1) is 4.38. The molecule has 1 aliphatic rings. The third-order valence-corrected chi connectivity index (χ3v) is 2.07. The topological polar surface area (TPSA) is 32.6 Å². The van der Waals surface area contributed by atoms with Crippen molar-refractivity contribution in [2.45, 2.75) is 32.6 Å². The summed E-state index contributed by atoms with van der Waals surface area (Å²) in [5.41, 5.74) is 0.987. The van der Waals surface area contributed by atoms with Gasteiger partial charge in [-0.2, -0.15) is 0 Å². The molecular formula is C7H13NO. The van der Waals surface area contributed by atoms with Gasteiger partial charge in [-0.15, -0.1) is 0 Å². The quantitative estimate of drug-likeness (QED) is 0.343. The highest BCUT2D eigenvalue weighted by atomic mass is 16.4. The standard InChI is InChI=1S/C7H13NO/c1-2-7(8-9)6-4-3-5-6/h6,9H,2-5H2,1H3/b8-7-. The number of nitrogens with zero attached hydrogens (tertiary/aromatic N) is 1. The van der Waals surface area contributed by atoms with Crippen molar-refractivity contribution in [3.63, 3.8) is 0 Å². The lowest BCUT2D eigenvalue weighted by atomic mass is 9.81. The van der Waals surface area contributed by atoms with Crippen molar-refractivity contribution in [3.05, 3.63) is 0 Å². The Balaban J connectivity index is 2.37. The van der Waals surface area contributed by atoms with Gasteiger partial charge >= 0.3 is 0 Å². The Morgan fingerprint density at radius 2 is 2.33 bits per heavy atom. The van der Waals surface area contributed by atoms with E-state index in [0.717, 1.165) is 12.1 Å². The van der Waals surface area contributed by atoms with Crippen LogP contribution in [0.4, 0.5) is 0 Å². The van der Waals surface area contributed by atoms with Crippen LogP contribution in [0.25, 0.3) is 0 Å². The zero-order valence-electron chi connectivity index (χ0n) is 5.80. The van der Waals surface area contributed by atoms with Crippen molar-refractivity contribution in [1.82, 2.24) is 0 Å². The second kappa shape index (κ2) is 2.85. The van der Waals surface area contributed by atoms with Crippen LogP contribution < -0.4 is 0 Å². The summed E-state index contributed by atoms with van der Waals surface area (Å²) in [5.74, 6) is 0.611. The molecule has 0 atom stereocenters. The molecule has 2 nitrogen and oxygen atoms in total. The SMILES string of the molecule is CC/C(=N/O)C1CCC1. The monoisotopic (exact) mass is 127 g/mol. The minimum atomic E-state index is 0.611. The Kier molecular flexibility index (Phi) is 2.09. The lowest BCUT2D eigenvalue weighted by Crippen LogP contribution is -2.21. The average molecular weight is 127 g/mol. The van der Waals surface area contributed by atoms with Gasteiger partial charge in [0.1, 0.15) is 0 Å². The molecule has 0 saturated heterocycles. The minimum absolute atomic E-state index is 0.611. The molecule has 9 heavy (non-hydrogen) atoms. The normalized spacial score (nSPS) is 21.7. The summed E-state index contributed by atoms with van der Waals surface area (Å²) in [6, 6.07) is 0. The zero-order valence-corrected chi connectivity index (χ0v) is 5.80. The van der Waals surface area contributed by atoms with E-state index in [2.05, 4.69) is 5.16 Å². The van der Waals surface area contributed by atoms with Crippen LogP contribution in [-0.4, -0.2) is 10.9 Å². The van der Waals surface area contributed by atoms with Crippen molar-refractivity contribution in [1.29, 1.82) is 0 Å². The molecule has 1 saturated carbocycles. The van der Waals surface area contributed by atoms with Crippen molar-refractivity contribution >= 4 is 5.71 Å². The predicted molar refractivity (Wildman–Crippen MR) is 36.9 cm³/mol. The van der Waals surface area contributed by atoms with Gasteiger partial charge in [0.15, 0.2) is 0 Å². The smallest absolute Gasteiger partial charge is 0.0598 e. The van der Waals surface area contributed by atoms with Gasteiger partial charge in [0.05, 0.1) is 5.71 Å². The van der Waals surface area contributed by atoms with Crippen LogP contribution in [0.5, 0.6) is 0 Å². The second-order valence-corrected chi connectivity index (χ2v) is 2.57. The van der Waals surface area contributed by atoms with Gasteiger partial charge in [-0.3, -0.25) is 0 Å². The van der Waals surface area contributed by atoms with Crippen LogP contribution in [0.3, 0.4) is 0 Å². The fourth-order valence-electron chi connectivity index (χ4n) is 1.18. The number of hydrogen-bond acceptors (Lipinski definition) is 2. The van der Waals surface area contributed by atoms with E-state index >= 15 is 0 Å². The molecule has 2 heteroatoms. The fourth-order valence-corrected chi connectivity index (χ4v) is 1.18. The van der Waals surface area contributed by atoms with E-state index < -0.39 is 0 Å². The highest BCUT2D eigenvalue weighted by molar-refractivity contribution is 5.86. The lowest BCUT2D eigenvalue weighted by Gasteiger charge is -2.25. The molecule has 0 unspecified atom stereocenters. The second-order valence-electron chi connectivity index (χ2n) is 2.57. The van der Waals surface area contributed by atoms with Gasteiger partial charge < -0.3 is 5.21 Å². The van der Waals surface area contributed by atoms with Gasteiger partial charge in [-0.1, -0.05) is 18.5 Å². The molecule has 1 N–H and O–H groups in total. The summed E-state index contributed by atoms with van der Waals surface area (Å²) < 4.78 is 0. The fraction of sp³-hybridized carbons (Fsp3) is 0.857. The van der Waals surface area contributed by atoms with Gasteiger partial charge in [0.25, 0.3) is 0 Å². The summed E-state index contributed by atoms with van der Waals surface area (Å²) in [5, 5.41) is 11.7. The summed E-state index contributed by atoms with van der Waals surface area (Å²) in [4.78, 5) is 0. The third kappa shape index (κ3) is 1.23. The molecule has 0 aliphatic heterocycles. The first-order valence-electron chi connectivity index (χ1n) is 3.59. The molecule has 0 spiro atoms. The molecule has 1 fully saturated rings. The molecular weight excluding hydrogens is 114 g/mol. The maximum absolute atomic E-state index is 8.45. The van der Waals surface area contributed by atoms with Gasteiger partial charge in [0.2, 0.25) is 0 Å². The predicted octanol–water partition coefficient (Wildman–Crippen LogP) is 2.03. The van der Waals surface area contributed by atoms with Crippen LogP contribution in [0, 0.1) is 5.92 Å². The molecule has 0 aromatic rings. The Morgan fingerprint density at radius 1 is 1.67 bits per heavy atom. The van der Waals surface area contributed by atoms with Crippen LogP contribution in [0.2, 0.25) is 0 Å². The lowest BCUT2D eigenvalue weighted by molar-refractivity contribution is 0.303. The molecule has 52 valence electrons. The van der Waals surface area contributed by atoms with E-state index in [9.17, 15) is 0 Å². The van der Waals surface area contributed by atoms with E-state index in [-0.39, 0.29) is 0 Å². The molecule has 0 radical (unpaired) electrons. The van der Waals surface area contributed by atoms with Gasteiger partial charge in [-0.05, 0) is 19.3 Å². The minimum Gasteiger partial charge on any atom is -0.411 e.